The van der Waals surface area contributed by atoms with Gasteiger partial charge in [-0.1, -0.05) is 38.1 Å². The summed E-state index contributed by atoms with van der Waals surface area (Å²) in [5.74, 6) is -0.713. The van der Waals surface area contributed by atoms with Crippen LogP contribution in [0.25, 0.3) is 0 Å². The molecule has 0 aliphatic heterocycles. The van der Waals surface area contributed by atoms with Gasteiger partial charge < -0.3 is 10.8 Å². The quantitative estimate of drug-likeness (QED) is 0.757. The minimum absolute atomic E-state index is 0.0676. The topological polar surface area (TPSA) is 80.4 Å². The third kappa shape index (κ3) is 3.96. The molecule has 98 valence electrons. The highest BCUT2D eigenvalue weighted by molar-refractivity contribution is 5.96. The summed E-state index contributed by atoms with van der Waals surface area (Å²) in [5.41, 5.74) is 7.14. The lowest BCUT2D eigenvalue weighted by Gasteiger charge is -2.07. The first-order valence-electron chi connectivity index (χ1n) is 6.03. The minimum Gasteiger partial charge on any atom is -0.480 e. The van der Waals surface area contributed by atoms with Crippen molar-refractivity contribution in [3.63, 3.8) is 0 Å². The standard InChI is InChI=1S/C14H19NO3/c1-9(2)10-3-5-11(6-4-10)13(16)8-7-12(15)14(17)18/h3-6,9,12H,7-8,15H2,1-2H3,(H,17,18)/t12-/m0/s1. The Morgan fingerprint density at radius 2 is 1.78 bits per heavy atom. The summed E-state index contributed by atoms with van der Waals surface area (Å²) in [4.78, 5) is 22.3. The molecule has 0 spiro atoms. The maximum atomic E-state index is 11.8. The molecule has 0 aromatic heterocycles. The van der Waals surface area contributed by atoms with Crippen LogP contribution in [0, 0.1) is 0 Å². The van der Waals surface area contributed by atoms with Crippen molar-refractivity contribution in [2.75, 3.05) is 0 Å². The van der Waals surface area contributed by atoms with Gasteiger partial charge in [0.05, 0.1) is 0 Å². The van der Waals surface area contributed by atoms with E-state index in [9.17, 15) is 9.59 Å². The van der Waals surface area contributed by atoms with Gasteiger partial charge in [-0.3, -0.25) is 9.59 Å². The van der Waals surface area contributed by atoms with E-state index in [1.54, 1.807) is 12.1 Å². The maximum Gasteiger partial charge on any atom is 0.320 e. The predicted molar refractivity (Wildman–Crippen MR) is 69.7 cm³/mol. The molecule has 4 nitrogen and oxygen atoms in total. The summed E-state index contributed by atoms with van der Waals surface area (Å²) in [6.07, 6.45) is 0.328. The highest BCUT2D eigenvalue weighted by atomic mass is 16.4. The molecule has 0 bridgehead atoms. The molecule has 0 unspecified atom stereocenters. The van der Waals surface area contributed by atoms with Crippen LogP contribution in [-0.2, 0) is 4.79 Å². The van der Waals surface area contributed by atoms with Gasteiger partial charge in [-0.25, -0.2) is 0 Å². The summed E-state index contributed by atoms with van der Waals surface area (Å²) >= 11 is 0. The Kier molecular flexibility index (Phi) is 5.04. The molecule has 3 N–H and O–H groups in total. The summed E-state index contributed by atoms with van der Waals surface area (Å²) in [7, 11) is 0. The average molecular weight is 249 g/mol. The molecular formula is C14H19NO3. The normalized spacial score (nSPS) is 12.4. The SMILES string of the molecule is CC(C)c1ccc(C(=O)CC[C@H](N)C(=O)O)cc1. The van der Waals surface area contributed by atoms with Crippen molar-refractivity contribution in [3.05, 3.63) is 35.4 Å². The van der Waals surface area contributed by atoms with Gasteiger partial charge in [-0.15, -0.1) is 0 Å². The zero-order valence-corrected chi connectivity index (χ0v) is 10.7. The van der Waals surface area contributed by atoms with Crippen LogP contribution >= 0.6 is 0 Å². The van der Waals surface area contributed by atoms with E-state index in [4.69, 9.17) is 10.8 Å². The van der Waals surface area contributed by atoms with Gasteiger partial charge in [-0.2, -0.15) is 0 Å². The second-order valence-electron chi connectivity index (χ2n) is 4.68. The van der Waals surface area contributed by atoms with Crippen LogP contribution in [0.1, 0.15) is 48.5 Å². The lowest BCUT2D eigenvalue weighted by atomic mass is 9.98. The van der Waals surface area contributed by atoms with E-state index in [1.165, 1.54) is 5.56 Å². The van der Waals surface area contributed by atoms with Gasteiger partial charge in [-0.05, 0) is 17.9 Å². The van der Waals surface area contributed by atoms with Gasteiger partial charge in [0.2, 0.25) is 0 Å². The van der Waals surface area contributed by atoms with Gasteiger partial charge in [0.15, 0.2) is 5.78 Å². The fourth-order valence-electron chi connectivity index (χ4n) is 1.61. The zero-order chi connectivity index (χ0) is 13.7. The predicted octanol–water partition coefficient (Wildman–Crippen LogP) is 2.18. The Morgan fingerprint density at radius 3 is 2.22 bits per heavy atom. The van der Waals surface area contributed by atoms with E-state index >= 15 is 0 Å². The second-order valence-corrected chi connectivity index (χ2v) is 4.68. The Bertz CT molecular complexity index is 423. The van der Waals surface area contributed by atoms with Crippen LogP contribution in [0.5, 0.6) is 0 Å². The molecule has 0 aliphatic carbocycles. The number of ketones is 1. The second kappa shape index (κ2) is 6.31. The number of nitrogens with two attached hydrogens (primary N) is 1. The van der Waals surface area contributed by atoms with Gasteiger partial charge in [0.1, 0.15) is 6.04 Å². The van der Waals surface area contributed by atoms with Crippen molar-refractivity contribution in [2.24, 2.45) is 5.73 Å². The number of benzene rings is 1. The average Bonchev–Trinajstić information content (AvgIpc) is 2.35. The van der Waals surface area contributed by atoms with Crippen LogP contribution in [-0.4, -0.2) is 22.9 Å². The van der Waals surface area contributed by atoms with E-state index in [1.807, 2.05) is 12.1 Å². The number of carboxylic acids is 1. The molecule has 0 radical (unpaired) electrons. The van der Waals surface area contributed by atoms with Gasteiger partial charge in [0, 0.05) is 12.0 Å². The van der Waals surface area contributed by atoms with Gasteiger partial charge >= 0.3 is 5.97 Å². The van der Waals surface area contributed by atoms with E-state index in [-0.39, 0.29) is 18.6 Å². The van der Waals surface area contributed by atoms with E-state index < -0.39 is 12.0 Å². The molecule has 18 heavy (non-hydrogen) atoms. The minimum atomic E-state index is -1.07. The molecule has 0 saturated carbocycles. The molecule has 1 rings (SSSR count). The first kappa shape index (κ1) is 14.4. The van der Waals surface area contributed by atoms with Crippen LogP contribution < -0.4 is 5.73 Å². The third-order valence-corrected chi connectivity index (χ3v) is 2.90. The largest absolute Gasteiger partial charge is 0.480 e. The van der Waals surface area contributed by atoms with Crippen LogP contribution in [0.2, 0.25) is 0 Å². The zero-order valence-electron chi connectivity index (χ0n) is 10.7. The Morgan fingerprint density at radius 1 is 1.22 bits per heavy atom. The number of Topliss-reactive ketones (excluding diaryl/α,β-unsaturated/α-hetero) is 1. The van der Waals surface area contributed by atoms with Crippen molar-refractivity contribution in [2.45, 2.75) is 38.6 Å². The van der Waals surface area contributed by atoms with E-state index in [0.29, 0.717) is 11.5 Å². The Labute approximate surface area is 107 Å². The first-order chi connectivity index (χ1) is 8.41. The number of aliphatic carboxylic acids is 1. The Balaban J connectivity index is 2.59. The molecule has 0 amide bonds. The number of hydrogen-bond donors (Lipinski definition) is 2. The summed E-state index contributed by atoms with van der Waals surface area (Å²) in [6.45, 7) is 4.17. The van der Waals surface area contributed by atoms with Crippen molar-refractivity contribution in [3.8, 4) is 0 Å². The molecule has 1 atom stereocenters. The van der Waals surface area contributed by atoms with Crippen molar-refractivity contribution >= 4 is 11.8 Å². The van der Waals surface area contributed by atoms with Crippen molar-refractivity contribution in [1.82, 2.24) is 0 Å². The van der Waals surface area contributed by atoms with E-state index in [2.05, 4.69) is 13.8 Å². The Hall–Kier alpha value is -1.68. The van der Waals surface area contributed by atoms with Crippen LogP contribution in [0.4, 0.5) is 0 Å². The number of carbonyl (C=O) groups is 2. The van der Waals surface area contributed by atoms with E-state index in [0.717, 1.165) is 0 Å². The molecule has 0 heterocycles. The molecule has 4 heteroatoms. The fraction of sp³-hybridized carbons (Fsp3) is 0.429. The third-order valence-electron chi connectivity index (χ3n) is 2.90. The van der Waals surface area contributed by atoms with Crippen molar-refractivity contribution < 1.29 is 14.7 Å². The molecular weight excluding hydrogens is 230 g/mol. The smallest absolute Gasteiger partial charge is 0.320 e. The monoisotopic (exact) mass is 249 g/mol. The highest BCUT2D eigenvalue weighted by Crippen LogP contribution is 2.16. The lowest BCUT2D eigenvalue weighted by molar-refractivity contribution is -0.138. The number of hydrogen-bond acceptors (Lipinski definition) is 3. The first-order valence-corrected chi connectivity index (χ1v) is 6.03. The maximum absolute atomic E-state index is 11.8. The van der Waals surface area contributed by atoms with Crippen LogP contribution in [0.15, 0.2) is 24.3 Å². The summed E-state index contributed by atoms with van der Waals surface area (Å²) in [5, 5.41) is 8.63. The molecule has 0 fully saturated rings. The molecule has 0 aliphatic rings. The lowest BCUT2D eigenvalue weighted by Crippen LogP contribution is -2.30. The van der Waals surface area contributed by atoms with Crippen molar-refractivity contribution in [1.29, 1.82) is 0 Å². The summed E-state index contributed by atoms with van der Waals surface area (Å²) < 4.78 is 0. The van der Waals surface area contributed by atoms with Crippen LogP contribution in [0.3, 0.4) is 0 Å². The number of rotatable bonds is 6. The van der Waals surface area contributed by atoms with Gasteiger partial charge in [0.25, 0.3) is 0 Å². The summed E-state index contributed by atoms with van der Waals surface area (Å²) in [6, 6.07) is 6.45. The molecule has 1 aromatic carbocycles. The fourth-order valence-corrected chi connectivity index (χ4v) is 1.61. The number of carboxylic acid groups (broad SMARTS) is 1. The number of carbonyl (C=O) groups excluding carboxylic acids is 1. The molecule has 0 saturated heterocycles. The highest BCUT2D eigenvalue weighted by Gasteiger charge is 2.14. The molecule has 1 aromatic rings.